The molecule has 3 saturated carbocycles. The Bertz CT molecular complexity index is 814. The number of rotatable bonds is 6. The van der Waals surface area contributed by atoms with Crippen LogP contribution in [0.2, 0.25) is 0 Å². The minimum Gasteiger partial charge on any atom is -0.393 e. The first kappa shape index (κ1) is 26.1. The van der Waals surface area contributed by atoms with Gasteiger partial charge < -0.3 is 14.9 Å². The zero-order chi connectivity index (χ0) is 24.7. The van der Waals surface area contributed by atoms with Gasteiger partial charge in [-0.3, -0.25) is 4.90 Å². The molecule has 4 aliphatic rings. The Hall–Kier alpha value is -0.940. The summed E-state index contributed by atoms with van der Waals surface area (Å²) in [6.07, 6.45) is 13.4. The summed E-state index contributed by atoms with van der Waals surface area (Å²) in [5.74, 6) is 2.10. The maximum absolute atomic E-state index is 10.2. The van der Waals surface area contributed by atoms with Gasteiger partial charge in [-0.15, -0.1) is 0 Å². The molecule has 3 aliphatic carbocycles. The van der Waals surface area contributed by atoms with Gasteiger partial charge in [-0.25, -0.2) is 0 Å². The minimum atomic E-state index is -0.612. The standard InChI is InChI=1S/C30H49NO3/c1-20(19-31-16-8-10-28(31)29(3,4)34-6)25-13-14-26-22(9-7-15-30(25,26)5)11-12-23-17-24(32)18-27(33)21(23)2/h11-12,20,24-28,32-33H,2,7-10,13-19H2,1,3-6H3/b22-11+,23-12-/t20?,24-,25-,26+,27+,28+,30-/m1/s1. The second kappa shape index (κ2) is 10.2. The third-order valence-electron chi connectivity index (χ3n) is 10.2. The summed E-state index contributed by atoms with van der Waals surface area (Å²) in [5, 5.41) is 20.3. The molecule has 0 spiro atoms. The molecule has 192 valence electrons. The van der Waals surface area contributed by atoms with Crippen LogP contribution in [-0.2, 0) is 4.74 Å². The lowest BCUT2D eigenvalue weighted by molar-refractivity contribution is -0.0469. The summed E-state index contributed by atoms with van der Waals surface area (Å²) in [5.41, 5.74) is 3.68. The number of aliphatic hydroxyl groups is 2. The van der Waals surface area contributed by atoms with Crippen molar-refractivity contribution in [3.8, 4) is 0 Å². The quantitative estimate of drug-likeness (QED) is 0.525. The second-order valence-corrected chi connectivity index (χ2v) is 12.6. The van der Waals surface area contributed by atoms with E-state index >= 15 is 0 Å². The monoisotopic (exact) mass is 471 g/mol. The van der Waals surface area contributed by atoms with E-state index in [0.29, 0.717) is 36.1 Å². The predicted octanol–water partition coefficient (Wildman–Crippen LogP) is 5.65. The smallest absolute Gasteiger partial charge is 0.0811 e. The lowest BCUT2D eigenvalue weighted by Gasteiger charge is -2.46. The summed E-state index contributed by atoms with van der Waals surface area (Å²) in [6, 6.07) is 0.521. The molecule has 0 aromatic carbocycles. The van der Waals surface area contributed by atoms with Gasteiger partial charge in [0.25, 0.3) is 0 Å². The first-order valence-electron chi connectivity index (χ1n) is 13.8. The van der Waals surface area contributed by atoms with E-state index in [1.165, 1.54) is 58.0 Å². The van der Waals surface area contributed by atoms with Crippen molar-refractivity contribution in [3.63, 3.8) is 0 Å². The number of allylic oxidation sites excluding steroid dienone is 3. The number of methoxy groups -OCH3 is 1. The fourth-order valence-corrected chi connectivity index (χ4v) is 8.14. The molecule has 4 nitrogen and oxygen atoms in total. The lowest BCUT2D eigenvalue weighted by atomic mass is 9.61. The maximum Gasteiger partial charge on any atom is 0.0811 e. The van der Waals surface area contributed by atoms with Crippen molar-refractivity contribution in [1.82, 2.24) is 4.90 Å². The van der Waals surface area contributed by atoms with E-state index in [4.69, 9.17) is 4.74 Å². The van der Waals surface area contributed by atoms with Crippen LogP contribution in [0.5, 0.6) is 0 Å². The van der Waals surface area contributed by atoms with Crippen molar-refractivity contribution in [1.29, 1.82) is 0 Å². The van der Waals surface area contributed by atoms with Crippen LogP contribution < -0.4 is 0 Å². The van der Waals surface area contributed by atoms with Gasteiger partial charge in [0.15, 0.2) is 0 Å². The number of likely N-dealkylation sites (tertiary alicyclic amines) is 1. The van der Waals surface area contributed by atoms with Gasteiger partial charge in [0, 0.05) is 26.1 Å². The topological polar surface area (TPSA) is 52.9 Å². The van der Waals surface area contributed by atoms with Crippen molar-refractivity contribution >= 4 is 0 Å². The van der Waals surface area contributed by atoms with Crippen LogP contribution in [0.1, 0.15) is 85.5 Å². The zero-order valence-corrected chi connectivity index (χ0v) is 22.4. The van der Waals surface area contributed by atoms with Crippen molar-refractivity contribution < 1.29 is 14.9 Å². The molecule has 0 radical (unpaired) electrons. The van der Waals surface area contributed by atoms with Gasteiger partial charge in [0.1, 0.15) is 0 Å². The van der Waals surface area contributed by atoms with Crippen molar-refractivity contribution in [3.05, 3.63) is 35.5 Å². The number of hydrogen-bond donors (Lipinski definition) is 2. The van der Waals surface area contributed by atoms with Gasteiger partial charge in [0.2, 0.25) is 0 Å². The van der Waals surface area contributed by atoms with Crippen molar-refractivity contribution in [2.45, 2.75) is 109 Å². The molecule has 0 aromatic rings. The average Bonchev–Trinajstić information content (AvgIpc) is 3.39. The Balaban J connectivity index is 1.47. The first-order valence-corrected chi connectivity index (χ1v) is 13.8. The molecule has 7 atom stereocenters. The fourth-order valence-electron chi connectivity index (χ4n) is 8.14. The van der Waals surface area contributed by atoms with Crippen LogP contribution in [-0.4, -0.2) is 59.2 Å². The Morgan fingerprint density at radius 3 is 2.71 bits per heavy atom. The van der Waals surface area contributed by atoms with Gasteiger partial charge in [-0.1, -0.05) is 38.2 Å². The Labute approximate surface area is 208 Å². The SMILES string of the molecule is C=C1/C(=C\C=C2/CCC[C@]3(C)[C@@H](C(C)CN4CCC[C@H]4C(C)(C)OC)CC[C@@H]23)C[C@@H](O)C[C@@H]1O. The average molecular weight is 472 g/mol. The third kappa shape index (κ3) is 4.98. The largest absolute Gasteiger partial charge is 0.393 e. The summed E-state index contributed by atoms with van der Waals surface area (Å²) in [4.78, 5) is 2.72. The van der Waals surface area contributed by atoms with E-state index in [1.807, 2.05) is 7.11 Å². The van der Waals surface area contributed by atoms with Crippen LogP contribution in [0.25, 0.3) is 0 Å². The molecule has 4 rings (SSSR count). The van der Waals surface area contributed by atoms with E-state index < -0.39 is 12.2 Å². The highest BCUT2D eigenvalue weighted by Crippen LogP contribution is 2.59. The lowest BCUT2D eigenvalue weighted by Crippen LogP contribution is -2.49. The van der Waals surface area contributed by atoms with E-state index in [1.54, 1.807) is 5.57 Å². The third-order valence-corrected chi connectivity index (χ3v) is 10.2. The van der Waals surface area contributed by atoms with Crippen molar-refractivity contribution in [2.24, 2.45) is 23.2 Å². The van der Waals surface area contributed by atoms with Crippen LogP contribution in [0.4, 0.5) is 0 Å². The summed E-state index contributed by atoms with van der Waals surface area (Å²) in [6.45, 7) is 16.1. The molecule has 0 amide bonds. The zero-order valence-electron chi connectivity index (χ0n) is 22.4. The number of ether oxygens (including phenoxy) is 1. The van der Waals surface area contributed by atoms with Gasteiger partial charge in [-0.2, -0.15) is 0 Å². The van der Waals surface area contributed by atoms with Crippen LogP contribution in [0.15, 0.2) is 35.5 Å². The molecule has 4 heteroatoms. The summed E-state index contributed by atoms with van der Waals surface area (Å²) >= 11 is 0. The van der Waals surface area contributed by atoms with Crippen LogP contribution in [0.3, 0.4) is 0 Å². The number of hydrogen-bond acceptors (Lipinski definition) is 4. The number of fused-ring (bicyclic) bond motifs is 1. The normalized spacial score (nSPS) is 40.8. The number of nitrogens with zero attached hydrogens (tertiary/aromatic N) is 1. The fraction of sp³-hybridized carbons (Fsp3) is 0.800. The second-order valence-electron chi connectivity index (χ2n) is 12.6. The summed E-state index contributed by atoms with van der Waals surface area (Å²) < 4.78 is 5.88. The van der Waals surface area contributed by atoms with Gasteiger partial charge in [-0.05, 0) is 106 Å². The number of aliphatic hydroxyl groups excluding tert-OH is 2. The maximum atomic E-state index is 10.2. The Morgan fingerprint density at radius 1 is 1.21 bits per heavy atom. The van der Waals surface area contributed by atoms with Gasteiger partial charge in [0.05, 0.1) is 17.8 Å². The van der Waals surface area contributed by atoms with E-state index in [-0.39, 0.29) is 5.60 Å². The van der Waals surface area contributed by atoms with Crippen LogP contribution >= 0.6 is 0 Å². The van der Waals surface area contributed by atoms with Crippen LogP contribution in [0, 0.1) is 23.2 Å². The molecule has 0 aromatic heterocycles. The minimum absolute atomic E-state index is 0.0864. The highest BCUT2D eigenvalue weighted by atomic mass is 16.5. The molecule has 1 heterocycles. The molecular formula is C30H49NO3. The highest BCUT2D eigenvalue weighted by molar-refractivity contribution is 5.38. The molecule has 34 heavy (non-hydrogen) atoms. The molecular weight excluding hydrogens is 422 g/mol. The van der Waals surface area contributed by atoms with E-state index in [0.717, 1.165) is 17.1 Å². The molecule has 1 saturated heterocycles. The van der Waals surface area contributed by atoms with Crippen molar-refractivity contribution in [2.75, 3.05) is 20.2 Å². The molecule has 0 bridgehead atoms. The van der Waals surface area contributed by atoms with E-state index in [9.17, 15) is 10.2 Å². The molecule has 2 N–H and O–H groups in total. The predicted molar refractivity (Wildman–Crippen MR) is 140 cm³/mol. The molecule has 4 fully saturated rings. The Morgan fingerprint density at radius 2 is 1.97 bits per heavy atom. The van der Waals surface area contributed by atoms with E-state index in [2.05, 4.69) is 51.3 Å². The first-order chi connectivity index (χ1) is 16.1. The molecule has 1 aliphatic heterocycles. The Kier molecular flexibility index (Phi) is 7.84. The molecule has 1 unspecified atom stereocenters. The van der Waals surface area contributed by atoms with Gasteiger partial charge >= 0.3 is 0 Å². The summed E-state index contributed by atoms with van der Waals surface area (Å²) in [7, 11) is 1.86. The highest BCUT2D eigenvalue weighted by Gasteiger charge is 2.51.